The van der Waals surface area contributed by atoms with Crippen molar-refractivity contribution < 1.29 is 14.9 Å². The van der Waals surface area contributed by atoms with Crippen molar-refractivity contribution in [2.24, 2.45) is 0 Å². The first kappa shape index (κ1) is 13.9. The Morgan fingerprint density at radius 3 is 2.81 bits per heavy atom. The molecule has 2 N–H and O–H groups in total. The van der Waals surface area contributed by atoms with Crippen molar-refractivity contribution in [2.75, 3.05) is 32.8 Å². The molecule has 0 spiro atoms. The average molecular weight is 231 g/mol. The first-order chi connectivity index (χ1) is 7.53. The van der Waals surface area contributed by atoms with E-state index in [9.17, 15) is 10.2 Å². The molecule has 0 radical (unpaired) electrons. The first-order valence-corrected chi connectivity index (χ1v) is 6.24. The minimum Gasteiger partial charge on any atom is -0.390 e. The Bertz CT molecular complexity index is 197. The lowest BCUT2D eigenvalue weighted by molar-refractivity contribution is 0.0172. The Morgan fingerprint density at radius 2 is 2.12 bits per heavy atom. The minimum atomic E-state index is -0.528. The number of hydrogen-bond donors (Lipinski definition) is 2. The van der Waals surface area contributed by atoms with E-state index in [4.69, 9.17) is 4.74 Å². The summed E-state index contributed by atoms with van der Waals surface area (Å²) in [5, 5.41) is 19.7. The molecule has 2 unspecified atom stereocenters. The van der Waals surface area contributed by atoms with Gasteiger partial charge in [0.15, 0.2) is 0 Å². The quantitative estimate of drug-likeness (QED) is 0.728. The van der Waals surface area contributed by atoms with Crippen LogP contribution in [0, 0.1) is 0 Å². The third-order valence-electron chi connectivity index (χ3n) is 3.14. The van der Waals surface area contributed by atoms with Crippen molar-refractivity contribution in [3.63, 3.8) is 0 Å². The zero-order valence-corrected chi connectivity index (χ0v) is 10.5. The SMILES string of the molecule is CCOCC(O)CN1CCCC(C)(O)CC1. The van der Waals surface area contributed by atoms with Crippen LogP contribution < -0.4 is 0 Å². The molecule has 0 bridgehead atoms. The van der Waals surface area contributed by atoms with Crippen LogP contribution in [0.15, 0.2) is 0 Å². The van der Waals surface area contributed by atoms with Crippen molar-refractivity contribution in [2.45, 2.75) is 44.8 Å². The maximum Gasteiger partial charge on any atom is 0.0900 e. The van der Waals surface area contributed by atoms with E-state index in [0.29, 0.717) is 19.8 Å². The molecule has 1 aliphatic rings. The van der Waals surface area contributed by atoms with Gasteiger partial charge < -0.3 is 19.8 Å². The Labute approximate surface area is 98.2 Å². The Morgan fingerprint density at radius 1 is 1.38 bits per heavy atom. The predicted molar refractivity (Wildman–Crippen MR) is 63.4 cm³/mol. The summed E-state index contributed by atoms with van der Waals surface area (Å²) in [4.78, 5) is 2.21. The number of ether oxygens (including phenoxy) is 1. The van der Waals surface area contributed by atoms with Gasteiger partial charge in [-0.3, -0.25) is 0 Å². The number of aliphatic hydroxyl groups excluding tert-OH is 1. The van der Waals surface area contributed by atoms with E-state index in [1.54, 1.807) is 0 Å². The minimum absolute atomic E-state index is 0.406. The Kier molecular flexibility index (Phi) is 5.69. The molecule has 0 aromatic carbocycles. The van der Waals surface area contributed by atoms with E-state index >= 15 is 0 Å². The van der Waals surface area contributed by atoms with Crippen LogP contribution in [0.25, 0.3) is 0 Å². The highest BCUT2D eigenvalue weighted by molar-refractivity contribution is 4.79. The van der Waals surface area contributed by atoms with Crippen LogP contribution in [-0.2, 0) is 4.74 Å². The second kappa shape index (κ2) is 6.55. The molecule has 16 heavy (non-hydrogen) atoms. The predicted octanol–water partition coefficient (Wildman–Crippen LogP) is 0.621. The molecule has 1 fully saturated rings. The van der Waals surface area contributed by atoms with Gasteiger partial charge in [-0.1, -0.05) is 0 Å². The monoisotopic (exact) mass is 231 g/mol. The molecule has 1 heterocycles. The molecule has 0 aliphatic carbocycles. The summed E-state index contributed by atoms with van der Waals surface area (Å²) in [6.45, 7) is 7.34. The third kappa shape index (κ3) is 5.25. The van der Waals surface area contributed by atoms with Crippen LogP contribution in [0.5, 0.6) is 0 Å². The molecule has 0 amide bonds. The van der Waals surface area contributed by atoms with Gasteiger partial charge in [0.2, 0.25) is 0 Å². The molecule has 4 heteroatoms. The largest absolute Gasteiger partial charge is 0.390 e. The molecular weight excluding hydrogens is 206 g/mol. The lowest BCUT2D eigenvalue weighted by Gasteiger charge is -2.24. The zero-order chi connectivity index (χ0) is 12.0. The molecule has 0 saturated carbocycles. The second-order valence-corrected chi connectivity index (χ2v) is 4.96. The molecule has 2 atom stereocenters. The maximum absolute atomic E-state index is 9.93. The normalized spacial score (nSPS) is 30.0. The fourth-order valence-corrected chi connectivity index (χ4v) is 2.11. The summed E-state index contributed by atoms with van der Waals surface area (Å²) in [7, 11) is 0. The highest BCUT2D eigenvalue weighted by Gasteiger charge is 2.25. The van der Waals surface area contributed by atoms with Crippen molar-refractivity contribution in [3.05, 3.63) is 0 Å². The first-order valence-electron chi connectivity index (χ1n) is 6.24. The van der Waals surface area contributed by atoms with Gasteiger partial charge in [-0.15, -0.1) is 0 Å². The lowest BCUT2D eigenvalue weighted by Crippen LogP contribution is -2.36. The van der Waals surface area contributed by atoms with Crippen molar-refractivity contribution >= 4 is 0 Å². The van der Waals surface area contributed by atoms with Crippen LogP contribution in [0.2, 0.25) is 0 Å². The molecule has 4 nitrogen and oxygen atoms in total. The van der Waals surface area contributed by atoms with E-state index in [-0.39, 0.29) is 0 Å². The third-order valence-corrected chi connectivity index (χ3v) is 3.14. The van der Waals surface area contributed by atoms with Gasteiger partial charge in [0.25, 0.3) is 0 Å². The van der Waals surface area contributed by atoms with Crippen LogP contribution in [0.1, 0.15) is 33.1 Å². The van der Waals surface area contributed by atoms with Crippen molar-refractivity contribution in [1.82, 2.24) is 4.90 Å². The van der Waals surface area contributed by atoms with Crippen LogP contribution in [-0.4, -0.2) is 59.7 Å². The number of hydrogen-bond acceptors (Lipinski definition) is 4. The van der Waals surface area contributed by atoms with Gasteiger partial charge >= 0.3 is 0 Å². The smallest absolute Gasteiger partial charge is 0.0900 e. The Balaban J connectivity index is 2.26. The van der Waals surface area contributed by atoms with Gasteiger partial charge in [-0.05, 0) is 39.7 Å². The van der Waals surface area contributed by atoms with E-state index < -0.39 is 11.7 Å². The maximum atomic E-state index is 9.93. The molecule has 1 rings (SSSR count). The fourth-order valence-electron chi connectivity index (χ4n) is 2.11. The van der Waals surface area contributed by atoms with Gasteiger partial charge in [-0.2, -0.15) is 0 Å². The number of β-amino-alcohol motifs (C(OH)–C–C–N with tert-alkyl or cyclic N) is 1. The summed E-state index contributed by atoms with van der Waals surface area (Å²) >= 11 is 0. The summed E-state index contributed by atoms with van der Waals surface area (Å²) < 4.78 is 5.18. The molecular formula is C12H25NO3. The highest BCUT2D eigenvalue weighted by atomic mass is 16.5. The fraction of sp³-hybridized carbons (Fsp3) is 1.00. The molecule has 0 aromatic heterocycles. The topological polar surface area (TPSA) is 52.9 Å². The summed E-state index contributed by atoms with van der Waals surface area (Å²) in [6, 6.07) is 0. The molecule has 0 aromatic rings. The van der Waals surface area contributed by atoms with Crippen LogP contribution in [0.3, 0.4) is 0 Å². The standard InChI is InChI=1S/C12H25NO3/c1-3-16-10-11(14)9-13-7-4-5-12(2,15)6-8-13/h11,14-15H,3-10H2,1-2H3. The average Bonchev–Trinajstić information content (AvgIpc) is 2.37. The van der Waals surface area contributed by atoms with E-state index in [1.807, 2.05) is 13.8 Å². The number of nitrogens with zero attached hydrogens (tertiary/aromatic N) is 1. The summed E-state index contributed by atoms with van der Waals surface area (Å²) in [5.74, 6) is 0. The molecule has 1 saturated heterocycles. The lowest BCUT2D eigenvalue weighted by atomic mass is 9.98. The Hall–Kier alpha value is -0.160. The zero-order valence-electron chi connectivity index (χ0n) is 10.5. The van der Waals surface area contributed by atoms with Crippen molar-refractivity contribution in [3.8, 4) is 0 Å². The van der Waals surface area contributed by atoms with Gasteiger partial charge in [0.1, 0.15) is 0 Å². The number of aliphatic hydroxyl groups is 2. The van der Waals surface area contributed by atoms with Gasteiger partial charge in [0.05, 0.1) is 18.3 Å². The second-order valence-electron chi connectivity index (χ2n) is 4.96. The number of likely N-dealkylation sites (tertiary alicyclic amines) is 1. The molecule has 96 valence electrons. The van der Waals surface area contributed by atoms with Crippen molar-refractivity contribution in [1.29, 1.82) is 0 Å². The van der Waals surface area contributed by atoms with Crippen LogP contribution >= 0.6 is 0 Å². The summed E-state index contributed by atoms with van der Waals surface area (Å²) in [5.41, 5.74) is -0.528. The number of rotatable bonds is 5. The summed E-state index contributed by atoms with van der Waals surface area (Å²) in [6.07, 6.45) is 2.22. The highest BCUT2D eigenvalue weighted by Crippen LogP contribution is 2.21. The van der Waals surface area contributed by atoms with Gasteiger partial charge in [0, 0.05) is 19.7 Å². The molecule has 1 aliphatic heterocycles. The van der Waals surface area contributed by atoms with E-state index in [2.05, 4.69) is 4.90 Å². The van der Waals surface area contributed by atoms with E-state index in [1.165, 1.54) is 0 Å². The van der Waals surface area contributed by atoms with Crippen LogP contribution in [0.4, 0.5) is 0 Å². The van der Waals surface area contributed by atoms with Gasteiger partial charge in [-0.25, -0.2) is 0 Å². The van der Waals surface area contributed by atoms with E-state index in [0.717, 1.165) is 32.4 Å².